The minimum atomic E-state index is -4.72. The summed E-state index contributed by atoms with van der Waals surface area (Å²) < 4.78 is 56.1. The number of aryl methyl sites for hydroxylation is 2. The molecule has 0 N–H and O–H groups in total. The van der Waals surface area contributed by atoms with Crippen LogP contribution in [0.3, 0.4) is 0 Å². The smallest absolute Gasteiger partial charge is 0.435 e. The highest BCUT2D eigenvalue weighted by Crippen LogP contribution is 2.34. The Bertz CT molecular complexity index is 1590. The van der Waals surface area contributed by atoms with E-state index in [9.17, 15) is 27.6 Å². The quantitative estimate of drug-likeness (QED) is 0.257. The monoisotopic (exact) mass is 647 g/mol. The predicted octanol–water partition coefficient (Wildman–Crippen LogP) is 8.28. The molecule has 3 amide bonds. The summed E-state index contributed by atoms with van der Waals surface area (Å²) in [5, 5.41) is 7.95. The molecule has 0 aliphatic heterocycles. The largest absolute Gasteiger partial charge is 0.443 e. The molecule has 46 heavy (non-hydrogen) atoms. The summed E-state index contributed by atoms with van der Waals surface area (Å²) >= 11 is 0. The number of anilines is 2. The Labute approximate surface area is 266 Å². The number of imide groups is 1. The van der Waals surface area contributed by atoms with Gasteiger partial charge in [0.2, 0.25) is 0 Å². The van der Waals surface area contributed by atoms with Crippen LogP contribution in [-0.4, -0.2) is 50.3 Å². The van der Waals surface area contributed by atoms with E-state index in [1.54, 1.807) is 88.3 Å². The zero-order chi connectivity index (χ0) is 35.0. The van der Waals surface area contributed by atoms with Crippen LogP contribution in [0.5, 0.6) is 0 Å². The first-order valence-corrected chi connectivity index (χ1v) is 14.4. The third kappa shape index (κ3) is 9.04. The fourth-order valence-corrected chi connectivity index (χ4v) is 4.31. The number of rotatable bonds is 4. The number of halogens is 3. The molecule has 2 heterocycles. The number of aromatic nitrogens is 3. The van der Waals surface area contributed by atoms with Crippen LogP contribution in [0, 0.1) is 13.8 Å². The number of carbonyl (C=O) groups is 3. The van der Waals surface area contributed by atoms with E-state index in [4.69, 9.17) is 14.2 Å². The third-order valence-electron chi connectivity index (χ3n) is 6.17. The summed E-state index contributed by atoms with van der Waals surface area (Å²) in [7, 11) is 0. The van der Waals surface area contributed by atoms with Crippen LogP contribution in [0.25, 0.3) is 10.8 Å². The summed E-state index contributed by atoms with van der Waals surface area (Å²) in [4.78, 5) is 46.3. The van der Waals surface area contributed by atoms with Crippen molar-refractivity contribution in [2.75, 3.05) is 9.80 Å². The highest BCUT2D eigenvalue weighted by Gasteiger charge is 2.36. The lowest BCUT2D eigenvalue weighted by Gasteiger charge is -2.29. The topological polar surface area (TPSA) is 124 Å². The second-order valence-electron chi connectivity index (χ2n) is 13.7. The van der Waals surface area contributed by atoms with Crippen LogP contribution < -0.4 is 9.80 Å². The Kier molecular flexibility index (Phi) is 9.95. The van der Waals surface area contributed by atoms with Crippen molar-refractivity contribution in [1.29, 1.82) is 0 Å². The molecule has 0 saturated carbocycles. The zero-order valence-electron chi connectivity index (χ0n) is 27.9. The third-order valence-corrected chi connectivity index (χ3v) is 6.17. The van der Waals surface area contributed by atoms with Crippen LogP contribution >= 0.6 is 0 Å². The Morgan fingerprint density at radius 1 is 0.739 bits per heavy atom. The molecule has 0 bridgehead atoms. The number of nitrogens with zero attached hydrogens (tertiary/aromatic N) is 5. The van der Waals surface area contributed by atoms with Crippen molar-refractivity contribution >= 4 is 40.7 Å². The Balaban J connectivity index is 2.18. The fourth-order valence-electron chi connectivity index (χ4n) is 4.31. The molecular formula is C32H40F3N5O6. The lowest BCUT2D eigenvalue weighted by molar-refractivity contribution is -0.141. The molecular weight excluding hydrogens is 607 g/mol. The van der Waals surface area contributed by atoms with E-state index in [1.807, 2.05) is 0 Å². The molecule has 0 atom stereocenters. The van der Waals surface area contributed by atoms with Crippen molar-refractivity contribution in [2.24, 2.45) is 0 Å². The normalized spacial score (nSPS) is 12.5. The van der Waals surface area contributed by atoms with Crippen LogP contribution in [-0.2, 0) is 26.9 Å². The van der Waals surface area contributed by atoms with Gasteiger partial charge in [0, 0.05) is 11.6 Å². The van der Waals surface area contributed by atoms with E-state index < -0.39 is 47.0 Å². The molecule has 14 heteroatoms. The van der Waals surface area contributed by atoms with Crippen molar-refractivity contribution in [3.8, 4) is 0 Å². The minimum absolute atomic E-state index is 0.0312. The lowest BCUT2D eigenvalue weighted by Crippen LogP contribution is -2.44. The van der Waals surface area contributed by atoms with Gasteiger partial charge in [-0.15, -0.1) is 10.2 Å². The number of amides is 3. The lowest BCUT2D eigenvalue weighted by atomic mass is 9.95. The maximum Gasteiger partial charge on any atom is 0.435 e. The molecule has 0 saturated heterocycles. The van der Waals surface area contributed by atoms with E-state index in [0.29, 0.717) is 27.5 Å². The van der Waals surface area contributed by atoms with Crippen LogP contribution in [0.15, 0.2) is 30.5 Å². The first-order valence-electron chi connectivity index (χ1n) is 14.4. The standard InChI is InChI=1S/C32H40F3N5O6/c1-18-16-21-20(14-15-36-25(21)40(27(42)45-30(6,7)8)28(43)46-31(9,10)11)19(2)22(18)17-39(26(41)44-29(3,4)5)24-13-12-23(37-38-24)32(33,34)35/h12-16H,17H2,1-11H3. The van der Waals surface area contributed by atoms with Crippen LogP contribution in [0.1, 0.15) is 84.7 Å². The number of fused-ring (bicyclic) bond motifs is 1. The number of ether oxygens (including phenoxy) is 3. The average Bonchev–Trinajstić information content (AvgIpc) is 2.85. The molecule has 2 aromatic heterocycles. The number of hydrogen-bond donors (Lipinski definition) is 0. The molecule has 3 aromatic rings. The Hall–Kier alpha value is -4.49. The second kappa shape index (κ2) is 12.7. The first kappa shape index (κ1) is 36.0. The van der Waals surface area contributed by atoms with Crippen molar-refractivity contribution in [1.82, 2.24) is 15.2 Å². The molecule has 0 fully saturated rings. The number of alkyl halides is 3. The summed E-state index contributed by atoms with van der Waals surface area (Å²) in [5.41, 5.74) is -2.14. The minimum Gasteiger partial charge on any atom is -0.443 e. The zero-order valence-corrected chi connectivity index (χ0v) is 27.9. The fraction of sp³-hybridized carbons (Fsp3) is 0.500. The maximum absolute atomic E-state index is 13.4. The van der Waals surface area contributed by atoms with Gasteiger partial charge in [-0.1, -0.05) is 0 Å². The van der Waals surface area contributed by atoms with E-state index in [1.165, 1.54) is 6.20 Å². The van der Waals surface area contributed by atoms with Gasteiger partial charge in [0.05, 0.1) is 6.54 Å². The van der Waals surface area contributed by atoms with Gasteiger partial charge >= 0.3 is 24.5 Å². The van der Waals surface area contributed by atoms with Gasteiger partial charge in [0.1, 0.15) is 16.8 Å². The van der Waals surface area contributed by atoms with Crippen LogP contribution in [0.2, 0.25) is 0 Å². The Morgan fingerprint density at radius 3 is 1.72 bits per heavy atom. The first-order chi connectivity index (χ1) is 20.9. The Morgan fingerprint density at radius 2 is 1.26 bits per heavy atom. The molecule has 250 valence electrons. The highest BCUT2D eigenvalue weighted by atomic mass is 19.4. The van der Waals surface area contributed by atoms with Gasteiger partial charge in [-0.2, -0.15) is 18.1 Å². The average molecular weight is 648 g/mol. The van der Waals surface area contributed by atoms with Crippen molar-refractivity contribution < 1.29 is 41.8 Å². The van der Waals surface area contributed by atoms with Crippen molar-refractivity contribution in [3.05, 3.63) is 52.8 Å². The summed E-state index contributed by atoms with van der Waals surface area (Å²) in [6.45, 7) is 18.3. The van der Waals surface area contributed by atoms with E-state index in [-0.39, 0.29) is 18.2 Å². The highest BCUT2D eigenvalue weighted by molar-refractivity contribution is 6.14. The number of benzene rings is 1. The molecule has 0 radical (unpaired) electrons. The number of carbonyl (C=O) groups excluding carboxylic acids is 3. The maximum atomic E-state index is 13.4. The van der Waals surface area contributed by atoms with E-state index in [2.05, 4.69) is 15.2 Å². The van der Waals surface area contributed by atoms with Gasteiger partial charge in [-0.3, -0.25) is 4.90 Å². The molecule has 1 aromatic carbocycles. The van der Waals surface area contributed by atoms with Crippen molar-refractivity contribution in [3.63, 3.8) is 0 Å². The van der Waals surface area contributed by atoms with Crippen LogP contribution in [0.4, 0.5) is 39.2 Å². The molecule has 11 nitrogen and oxygen atoms in total. The molecule has 0 aliphatic rings. The summed E-state index contributed by atoms with van der Waals surface area (Å²) in [6, 6.07) is 5.15. The molecule has 0 spiro atoms. The predicted molar refractivity (Wildman–Crippen MR) is 166 cm³/mol. The molecule has 3 rings (SSSR count). The van der Waals surface area contributed by atoms with Gasteiger partial charge in [0.15, 0.2) is 17.3 Å². The second-order valence-corrected chi connectivity index (χ2v) is 13.7. The number of pyridine rings is 1. The van der Waals surface area contributed by atoms with E-state index >= 15 is 0 Å². The van der Waals surface area contributed by atoms with Gasteiger partial charge < -0.3 is 14.2 Å². The van der Waals surface area contributed by atoms with E-state index in [0.717, 1.165) is 21.9 Å². The molecule has 0 unspecified atom stereocenters. The van der Waals surface area contributed by atoms with Gasteiger partial charge in [-0.05, 0) is 123 Å². The van der Waals surface area contributed by atoms with Gasteiger partial charge in [0.25, 0.3) is 0 Å². The summed E-state index contributed by atoms with van der Waals surface area (Å²) in [6.07, 6.45) is -6.13. The van der Waals surface area contributed by atoms with Crippen molar-refractivity contribution in [2.45, 2.75) is 106 Å². The number of hydrogen-bond acceptors (Lipinski definition) is 9. The SMILES string of the molecule is Cc1cc2c(N(C(=O)OC(C)(C)C)C(=O)OC(C)(C)C)nccc2c(C)c1CN(C(=O)OC(C)(C)C)c1ccc(C(F)(F)F)nn1. The molecule has 0 aliphatic carbocycles. The summed E-state index contributed by atoms with van der Waals surface area (Å²) in [5.74, 6) is -0.186. The van der Waals surface area contributed by atoms with Gasteiger partial charge in [-0.25, -0.2) is 19.4 Å².